The number of esters is 1. The molecule has 4 aromatic rings. The molecule has 1 amide bonds. The third-order valence-corrected chi connectivity index (χ3v) is 6.03. The summed E-state index contributed by atoms with van der Waals surface area (Å²) in [6.07, 6.45) is 1.87. The molecule has 4 rings (SSSR count). The number of nitrogens with one attached hydrogen (secondary N) is 2. The molecule has 0 aliphatic carbocycles. The van der Waals surface area contributed by atoms with Crippen molar-refractivity contribution in [3.63, 3.8) is 0 Å². The van der Waals surface area contributed by atoms with E-state index in [1.165, 1.54) is 11.8 Å². The zero-order valence-electron chi connectivity index (χ0n) is 20.1. The quantitative estimate of drug-likeness (QED) is 0.312. The van der Waals surface area contributed by atoms with Gasteiger partial charge in [-0.25, -0.2) is 9.59 Å². The Morgan fingerprint density at radius 1 is 1.14 bits per heavy atom. The first-order valence-corrected chi connectivity index (χ1v) is 12.0. The number of alkyl carbamates (subject to hydrolysis) is 1. The molecule has 9 heteroatoms. The number of aromatic nitrogens is 2. The number of carbonyl (C=O) groups is 2. The average Bonchev–Trinajstić information content (AvgIpc) is 3.38. The third-order valence-electron chi connectivity index (χ3n) is 5.39. The Balaban J connectivity index is 1.64. The number of aromatic amines is 1. The van der Waals surface area contributed by atoms with E-state index in [4.69, 9.17) is 14.3 Å². The van der Waals surface area contributed by atoms with Crippen LogP contribution < -0.4 is 10.2 Å². The number of hydrogen-bond donors (Lipinski definition) is 2. The van der Waals surface area contributed by atoms with Crippen LogP contribution in [-0.2, 0) is 15.9 Å². The lowest BCUT2D eigenvalue weighted by molar-refractivity contribution is 0.0389. The smallest absolute Gasteiger partial charge is 0.408 e. The summed E-state index contributed by atoms with van der Waals surface area (Å²) in [5, 5.41) is 4.80. The molecule has 0 fully saturated rings. The van der Waals surface area contributed by atoms with Gasteiger partial charge in [-0.1, -0.05) is 30.3 Å². The predicted octanol–water partition coefficient (Wildman–Crippen LogP) is 5.24. The minimum Gasteiger partial charge on any atom is -0.464 e. The van der Waals surface area contributed by atoms with E-state index < -0.39 is 23.7 Å². The predicted molar refractivity (Wildman–Crippen MR) is 138 cm³/mol. The Hall–Kier alpha value is -3.46. The molecule has 2 heterocycles. The van der Waals surface area contributed by atoms with Crippen LogP contribution in [0, 0.1) is 0 Å². The summed E-state index contributed by atoms with van der Waals surface area (Å²) in [6, 6.07) is 14.8. The number of methoxy groups -OCH3 is 1. The van der Waals surface area contributed by atoms with E-state index in [1.807, 2.05) is 69.4 Å². The molecule has 0 bridgehead atoms. The van der Waals surface area contributed by atoms with Crippen LogP contribution in [0.2, 0.25) is 0 Å². The first-order valence-electron chi connectivity index (χ1n) is 11.2. The maximum absolute atomic E-state index is 12.6. The topological polar surface area (TPSA) is 94.6 Å². The molecule has 0 aliphatic heterocycles. The van der Waals surface area contributed by atoms with Gasteiger partial charge in [0.15, 0.2) is 5.69 Å². The molecule has 2 N–H and O–H groups in total. The third kappa shape index (κ3) is 5.62. The van der Waals surface area contributed by atoms with E-state index in [2.05, 4.69) is 26.2 Å². The molecular weight excluding hydrogens is 514 g/mol. The van der Waals surface area contributed by atoms with Gasteiger partial charge in [-0.2, -0.15) is 4.73 Å². The van der Waals surface area contributed by atoms with Gasteiger partial charge in [-0.05, 0) is 66.9 Å². The van der Waals surface area contributed by atoms with Crippen molar-refractivity contribution in [1.29, 1.82) is 0 Å². The Morgan fingerprint density at radius 3 is 2.66 bits per heavy atom. The fraction of sp³-hybridized carbons (Fsp3) is 0.308. The number of hydrogen-bond acceptors (Lipinski definition) is 5. The zero-order chi connectivity index (χ0) is 25.2. The van der Waals surface area contributed by atoms with Crippen molar-refractivity contribution < 1.29 is 23.9 Å². The first-order chi connectivity index (χ1) is 16.7. The van der Waals surface area contributed by atoms with Crippen LogP contribution in [0.15, 0.2) is 59.2 Å². The largest absolute Gasteiger partial charge is 0.464 e. The minimum absolute atomic E-state index is 0.0772. The van der Waals surface area contributed by atoms with E-state index in [0.29, 0.717) is 11.9 Å². The summed E-state index contributed by atoms with van der Waals surface area (Å²) in [4.78, 5) is 34.5. The number of halogens is 1. The lowest BCUT2D eigenvalue weighted by Crippen LogP contribution is -2.44. The lowest BCUT2D eigenvalue weighted by atomic mass is 10.1. The van der Waals surface area contributed by atoms with E-state index in [9.17, 15) is 9.59 Å². The van der Waals surface area contributed by atoms with E-state index in [-0.39, 0.29) is 12.3 Å². The van der Waals surface area contributed by atoms with Crippen molar-refractivity contribution in [3.05, 3.63) is 70.5 Å². The van der Waals surface area contributed by atoms with Crippen LogP contribution in [-0.4, -0.2) is 47.1 Å². The highest BCUT2D eigenvalue weighted by Crippen LogP contribution is 2.27. The molecule has 8 nitrogen and oxygen atoms in total. The first kappa shape index (κ1) is 24.7. The summed E-state index contributed by atoms with van der Waals surface area (Å²) in [6.45, 7) is 5.51. The van der Waals surface area contributed by atoms with E-state index in [1.54, 1.807) is 6.07 Å². The van der Waals surface area contributed by atoms with Gasteiger partial charge >= 0.3 is 12.1 Å². The van der Waals surface area contributed by atoms with Crippen molar-refractivity contribution >= 4 is 49.8 Å². The van der Waals surface area contributed by atoms with Crippen LogP contribution >= 0.6 is 15.9 Å². The van der Waals surface area contributed by atoms with Crippen LogP contribution in [0.3, 0.4) is 0 Å². The summed E-state index contributed by atoms with van der Waals surface area (Å²) in [5.41, 5.74) is 2.33. The van der Waals surface area contributed by atoms with E-state index in [0.717, 1.165) is 26.3 Å². The van der Waals surface area contributed by atoms with Gasteiger partial charge in [0, 0.05) is 27.0 Å². The molecular formula is C26H28BrN3O5. The molecule has 0 radical (unpaired) electrons. The van der Waals surface area contributed by atoms with Gasteiger partial charge in [0.05, 0.1) is 13.2 Å². The van der Waals surface area contributed by atoms with Crippen molar-refractivity contribution in [2.45, 2.75) is 38.8 Å². The highest BCUT2D eigenvalue weighted by atomic mass is 79.9. The molecule has 2 aromatic carbocycles. The number of H-pyrrole nitrogens is 1. The number of ether oxygens (including phenoxy) is 2. The van der Waals surface area contributed by atoms with Gasteiger partial charge < -0.3 is 24.6 Å². The molecule has 184 valence electrons. The average molecular weight is 542 g/mol. The van der Waals surface area contributed by atoms with E-state index >= 15 is 0 Å². The zero-order valence-corrected chi connectivity index (χ0v) is 21.6. The standard InChI is InChI=1S/C26H28BrN3O5/c1-26(2,3)35-25(32)29-18(12-17-14-28-21-11-6-5-9-19(17)21)15-34-30-22(24(31)33-4)13-16-8-7-10-20(27)23(16)30/h5-11,13-14,18,28H,12,15H2,1-4H3,(H,29,32). The summed E-state index contributed by atoms with van der Waals surface area (Å²) in [5.74, 6) is -0.526. The Kier molecular flexibility index (Phi) is 7.07. The van der Waals surface area contributed by atoms with Crippen LogP contribution in [0.5, 0.6) is 0 Å². The fourth-order valence-electron chi connectivity index (χ4n) is 3.93. The van der Waals surface area contributed by atoms with Gasteiger partial charge in [-0.3, -0.25) is 0 Å². The maximum Gasteiger partial charge on any atom is 0.408 e. The Bertz CT molecular complexity index is 1370. The molecule has 0 saturated carbocycles. The second-order valence-corrected chi connectivity index (χ2v) is 10.1. The Labute approximate surface area is 211 Å². The summed E-state index contributed by atoms with van der Waals surface area (Å²) in [7, 11) is 1.32. The number of para-hydroxylation sites is 2. The minimum atomic E-state index is -0.643. The highest BCUT2D eigenvalue weighted by Gasteiger charge is 2.24. The Morgan fingerprint density at radius 2 is 1.91 bits per heavy atom. The second-order valence-electron chi connectivity index (χ2n) is 9.20. The number of fused-ring (bicyclic) bond motifs is 2. The number of nitrogens with zero attached hydrogens (tertiary/aromatic N) is 1. The maximum atomic E-state index is 12.6. The molecule has 1 unspecified atom stereocenters. The number of benzene rings is 2. The second kappa shape index (κ2) is 10.0. The SMILES string of the molecule is COC(=O)c1cc2cccc(Br)c2n1OCC(Cc1c[nH]c2ccccc12)NC(=O)OC(C)(C)C. The summed E-state index contributed by atoms with van der Waals surface area (Å²) >= 11 is 3.54. The molecule has 0 saturated heterocycles. The van der Waals surface area contributed by atoms with Gasteiger partial charge in [0.2, 0.25) is 0 Å². The molecule has 0 aliphatic rings. The fourth-order valence-corrected chi connectivity index (χ4v) is 4.47. The van der Waals surface area contributed by atoms with Crippen molar-refractivity contribution in [1.82, 2.24) is 15.0 Å². The molecule has 1 atom stereocenters. The number of carbonyl (C=O) groups excluding carboxylic acids is 2. The number of rotatable bonds is 7. The molecule has 0 spiro atoms. The van der Waals surface area contributed by atoms with Crippen LogP contribution in [0.25, 0.3) is 21.8 Å². The van der Waals surface area contributed by atoms with Crippen LogP contribution in [0.4, 0.5) is 4.79 Å². The number of amides is 1. The monoisotopic (exact) mass is 541 g/mol. The molecule has 35 heavy (non-hydrogen) atoms. The van der Waals surface area contributed by atoms with Gasteiger partial charge in [0.1, 0.15) is 17.7 Å². The normalized spacial score (nSPS) is 12.5. The highest BCUT2D eigenvalue weighted by molar-refractivity contribution is 9.10. The van der Waals surface area contributed by atoms with Crippen LogP contribution in [0.1, 0.15) is 36.8 Å². The lowest BCUT2D eigenvalue weighted by Gasteiger charge is -2.24. The summed E-state index contributed by atoms with van der Waals surface area (Å²) < 4.78 is 12.6. The molecule has 2 aromatic heterocycles. The van der Waals surface area contributed by atoms with Gasteiger partial charge in [0.25, 0.3) is 0 Å². The van der Waals surface area contributed by atoms with Crippen molar-refractivity contribution in [2.24, 2.45) is 0 Å². The van der Waals surface area contributed by atoms with Crippen molar-refractivity contribution in [3.8, 4) is 0 Å². The van der Waals surface area contributed by atoms with Gasteiger partial charge in [-0.15, -0.1) is 0 Å². The van der Waals surface area contributed by atoms with Crippen molar-refractivity contribution in [2.75, 3.05) is 13.7 Å².